The highest BCUT2D eigenvalue weighted by Crippen LogP contribution is 2.33. The van der Waals surface area contributed by atoms with Crippen LogP contribution < -0.4 is 4.74 Å². The maximum Gasteiger partial charge on any atom is 0.303 e. The number of phenolic OH excluding ortho intramolecular Hbond substituents is 1. The van der Waals surface area contributed by atoms with Crippen LogP contribution >= 0.6 is 11.6 Å². The summed E-state index contributed by atoms with van der Waals surface area (Å²) in [4.78, 5) is 11.0. The average molecular weight is 372 g/mol. The summed E-state index contributed by atoms with van der Waals surface area (Å²) >= 11 is 6.35. The molecule has 134 valence electrons. The summed E-state index contributed by atoms with van der Waals surface area (Å²) in [5.41, 5.74) is 3.32. The molecule has 0 spiro atoms. The predicted octanol–water partition coefficient (Wildman–Crippen LogP) is 4.53. The van der Waals surface area contributed by atoms with E-state index in [1.54, 1.807) is 19.2 Å². The van der Waals surface area contributed by atoms with Crippen LogP contribution in [0.2, 0.25) is 5.02 Å². The topological polar surface area (TPSA) is 71.7 Å². The third-order valence-corrected chi connectivity index (χ3v) is 4.42. The third-order valence-electron chi connectivity index (χ3n) is 4.11. The number of carbonyl (C=O) groups is 1. The van der Waals surface area contributed by atoms with Crippen LogP contribution in [-0.4, -0.2) is 27.9 Å². The molecule has 0 aliphatic rings. The van der Waals surface area contributed by atoms with E-state index in [0.717, 1.165) is 22.7 Å². The summed E-state index contributed by atoms with van der Waals surface area (Å²) < 4.78 is 7.12. The van der Waals surface area contributed by atoms with E-state index in [4.69, 9.17) is 21.4 Å². The summed E-state index contributed by atoms with van der Waals surface area (Å²) in [7, 11) is 1.61. The number of aryl methyl sites for hydroxylation is 1. The first-order chi connectivity index (χ1) is 12.5. The van der Waals surface area contributed by atoms with Crippen LogP contribution in [0.1, 0.15) is 12.1 Å². The van der Waals surface area contributed by atoms with Crippen molar-refractivity contribution < 1.29 is 19.7 Å². The summed E-state index contributed by atoms with van der Waals surface area (Å²) in [6, 6.07) is 16.2. The Kier molecular flexibility index (Phi) is 5.19. The van der Waals surface area contributed by atoms with Gasteiger partial charge in [0.15, 0.2) is 0 Å². The number of aromatic nitrogens is 1. The number of carboxylic acids is 1. The van der Waals surface area contributed by atoms with Crippen LogP contribution in [0.3, 0.4) is 0 Å². The number of ether oxygens (including phenoxy) is 1. The van der Waals surface area contributed by atoms with Crippen molar-refractivity contribution in [2.24, 2.45) is 0 Å². The van der Waals surface area contributed by atoms with E-state index in [0.29, 0.717) is 17.1 Å². The number of carboxylic acid groups (broad SMARTS) is 1. The Morgan fingerprint density at radius 2 is 1.85 bits per heavy atom. The zero-order chi connectivity index (χ0) is 18.7. The van der Waals surface area contributed by atoms with Gasteiger partial charge in [0.25, 0.3) is 0 Å². The maximum absolute atomic E-state index is 11.0. The van der Waals surface area contributed by atoms with Gasteiger partial charge in [-0.3, -0.25) is 4.79 Å². The molecule has 0 radical (unpaired) electrons. The second-order valence-corrected chi connectivity index (χ2v) is 6.21. The molecule has 5 nitrogen and oxygen atoms in total. The van der Waals surface area contributed by atoms with Crippen molar-refractivity contribution >= 4 is 17.6 Å². The van der Waals surface area contributed by atoms with Gasteiger partial charge >= 0.3 is 5.97 Å². The quantitative estimate of drug-likeness (QED) is 0.667. The molecule has 1 aromatic heterocycles. The summed E-state index contributed by atoms with van der Waals surface area (Å²) in [5.74, 6) is -0.0369. The molecule has 0 aliphatic carbocycles. The van der Waals surface area contributed by atoms with Gasteiger partial charge in [0, 0.05) is 11.8 Å². The number of hydrogen-bond acceptors (Lipinski definition) is 3. The Bertz CT molecular complexity index is 931. The molecule has 0 amide bonds. The first kappa shape index (κ1) is 17.9. The zero-order valence-corrected chi connectivity index (χ0v) is 14.9. The summed E-state index contributed by atoms with van der Waals surface area (Å²) in [6.07, 6.45) is 0.379. The minimum Gasteiger partial charge on any atom is -0.508 e. The molecule has 6 heteroatoms. The van der Waals surface area contributed by atoms with Gasteiger partial charge in [-0.2, -0.15) is 0 Å². The van der Waals surface area contributed by atoms with E-state index in [1.807, 2.05) is 41.0 Å². The van der Waals surface area contributed by atoms with E-state index in [-0.39, 0.29) is 12.2 Å². The lowest BCUT2D eigenvalue weighted by Crippen LogP contribution is -2.06. The molecular formula is C20H18ClNO4. The molecule has 0 unspecified atom stereocenters. The number of hydrogen-bond donors (Lipinski definition) is 2. The molecule has 3 rings (SSSR count). The Labute approximate surface area is 156 Å². The largest absolute Gasteiger partial charge is 0.508 e. The number of rotatable bonds is 6. The fourth-order valence-electron chi connectivity index (χ4n) is 2.86. The Morgan fingerprint density at radius 1 is 1.12 bits per heavy atom. The SMILES string of the molecule is COc1ccc(-c2ccc(CCC(=O)O)n2-c2ccc(O)cc2Cl)cc1. The summed E-state index contributed by atoms with van der Waals surface area (Å²) in [5, 5.41) is 19.0. The maximum atomic E-state index is 11.0. The van der Waals surface area contributed by atoms with Gasteiger partial charge in [-0.1, -0.05) is 11.6 Å². The first-order valence-electron chi connectivity index (χ1n) is 8.05. The van der Waals surface area contributed by atoms with Crippen molar-refractivity contribution in [3.63, 3.8) is 0 Å². The normalized spacial score (nSPS) is 10.7. The van der Waals surface area contributed by atoms with E-state index in [1.165, 1.54) is 6.07 Å². The van der Waals surface area contributed by atoms with Crippen molar-refractivity contribution in [3.05, 3.63) is 65.3 Å². The van der Waals surface area contributed by atoms with Gasteiger partial charge in [-0.15, -0.1) is 0 Å². The highest BCUT2D eigenvalue weighted by Gasteiger charge is 2.15. The van der Waals surface area contributed by atoms with Gasteiger partial charge in [0.2, 0.25) is 0 Å². The first-order valence-corrected chi connectivity index (χ1v) is 8.43. The molecule has 2 aromatic carbocycles. The Hall–Kier alpha value is -2.92. The number of halogens is 1. The molecule has 0 saturated heterocycles. The van der Waals surface area contributed by atoms with Gasteiger partial charge in [0.1, 0.15) is 11.5 Å². The smallest absolute Gasteiger partial charge is 0.303 e. The molecule has 3 aromatic rings. The zero-order valence-electron chi connectivity index (χ0n) is 14.1. The molecule has 0 atom stereocenters. The average Bonchev–Trinajstić information content (AvgIpc) is 3.03. The van der Waals surface area contributed by atoms with Crippen LogP contribution in [-0.2, 0) is 11.2 Å². The lowest BCUT2D eigenvalue weighted by atomic mass is 10.1. The van der Waals surface area contributed by atoms with Gasteiger partial charge in [-0.25, -0.2) is 0 Å². The minimum absolute atomic E-state index is 0.0156. The van der Waals surface area contributed by atoms with Gasteiger partial charge in [-0.05, 0) is 60.5 Å². The van der Waals surface area contributed by atoms with Gasteiger partial charge < -0.3 is 19.5 Å². The van der Waals surface area contributed by atoms with Crippen LogP contribution in [0, 0.1) is 0 Å². The number of benzene rings is 2. The van der Waals surface area contributed by atoms with E-state index in [9.17, 15) is 9.90 Å². The van der Waals surface area contributed by atoms with Crippen molar-refractivity contribution in [2.75, 3.05) is 7.11 Å². The van der Waals surface area contributed by atoms with Gasteiger partial charge in [0.05, 0.1) is 29.9 Å². The molecule has 0 aliphatic heterocycles. The van der Waals surface area contributed by atoms with E-state index in [2.05, 4.69) is 0 Å². The fraction of sp³-hybridized carbons (Fsp3) is 0.150. The van der Waals surface area contributed by atoms with Crippen molar-refractivity contribution in [3.8, 4) is 28.4 Å². The molecule has 26 heavy (non-hydrogen) atoms. The number of aromatic hydroxyl groups is 1. The van der Waals surface area contributed by atoms with Crippen LogP contribution in [0.4, 0.5) is 0 Å². The summed E-state index contributed by atoms with van der Waals surface area (Å²) in [6.45, 7) is 0. The molecule has 2 N–H and O–H groups in total. The van der Waals surface area contributed by atoms with Crippen molar-refractivity contribution in [1.29, 1.82) is 0 Å². The highest BCUT2D eigenvalue weighted by molar-refractivity contribution is 6.32. The van der Waals surface area contributed by atoms with E-state index < -0.39 is 5.97 Å². The van der Waals surface area contributed by atoms with Crippen molar-refractivity contribution in [1.82, 2.24) is 4.57 Å². The monoisotopic (exact) mass is 371 g/mol. The molecule has 0 fully saturated rings. The van der Waals surface area contributed by atoms with Crippen molar-refractivity contribution in [2.45, 2.75) is 12.8 Å². The molecule has 0 saturated carbocycles. The molecule has 0 bridgehead atoms. The standard InChI is InChI=1S/C20H18ClNO4/c1-26-16-7-2-13(3-8-16)18-9-4-14(5-11-20(24)25)22(18)19-10-6-15(23)12-17(19)21/h2-4,6-10,12,23H,5,11H2,1H3,(H,24,25). The number of aliphatic carboxylic acids is 1. The fourth-order valence-corrected chi connectivity index (χ4v) is 3.12. The second kappa shape index (κ2) is 7.54. The minimum atomic E-state index is -0.861. The highest BCUT2D eigenvalue weighted by atomic mass is 35.5. The number of nitrogens with zero attached hydrogens (tertiary/aromatic N) is 1. The van der Waals surface area contributed by atoms with E-state index >= 15 is 0 Å². The third kappa shape index (κ3) is 3.68. The molecule has 1 heterocycles. The predicted molar refractivity (Wildman–Crippen MR) is 100 cm³/mol. The Balaban J connectivity index is 2.13. The number of phenols is 1. The molecular weight excluding hydrogens is 354 g/mol. The van der Waals surface area contributed by atoms with Crippen LogP contribution in [0.25, 0.3) is 16.9 Å². The lowest BCUT2D eigenvalue weighted by molar-refractivity contribution is -0.136. The lowest BCUT2D eigenvalue weighted by Gasteiger charge is -2.16. The Morgan fingerprint density at radius 3 is 2.46 bits per heavy atom. The van der Waals surface area contributed by atoms with Crippen LogP contribution in [0.5, 0.6) is 11.5 Å². The van der Waals surface area contributed by atoms with Crippen LogP contribution in [0.15, 0.2) is 54.6 Å². The number of methoxy groups -OCH3 is 1. The second-order valence-electron chi connectivity index (χ2n) is 5.80.